The van der Waals surface area contributed by atoms with Crippen LogP contribution >= 0.6 is 0 Å². The molecule has 2 aromatic rings. The summed E-state index contributed by atoms with van der Waals surface area (Å²) in [6, 6.07) is 13.5. The summed E-state index contributed by atoms with van der Waals surface area (Å²) in [6.45, 7) is 2.02. The van der Waals surface area contributed by atoms with E-state index in [-0.39, 0.29) is 6.03 Å². The fourth-order valence-corrected chi connectivity index (χ4v) is 3.08. The molecule has 6 heteroatoms. The first-order chi connectivity index (χ1) is 11.8. The Hall–Kier alpha value is -3.02. The van der Waals surface area contributed by atoms with E-state index < -0.39 is 0 Å². The number of urea groups is 1. The molecule has 3 heterocycles. The van der Waals surface area contributed by atoms with Crippen LogP contribution in [0.1, 0.15) is 12.0 Å². The highest BCUT2D eigenvalue weighted by Gasteiger charge is 2.29. The maximum Gasteiger partial charge on any atom is 0.323 e. The Kier molecular flexibility index (Phi) is 3.78. The SMILES string of the molecule is O=C(Nc1cccnn1)N1CCC2=C(C1)C(c1ccccc1)=NC2. The van der Waals surface area contributed by atoms with Crippen LogP contribution in [0.3, 0.4) is 0 Å². The standard InChI is InChI=1S/C18H17N5O/c24-18(21-16-7-4-9-20-22-16)23-10-8-14-11-19-17(15(14)12-23)13-5-2-1-3-6-13/h1-7,9H,8,10-12H2,(H,21,22,24). The van der Waals surface area contributed by atoms with Crippen molar-refractivity contribution in [3.05, 3.63) is 65.4 Å². The second-order valence-corrected chi connectivity index (χ2v) is 5.82. The van der Waals surface area contributed by atoms with Crippen molar-refractivity contribution in [3.63, 3.8) is 0 Å². The number of nitrogens with one attached hydrogen (secondary N) is 1. The van der Waals surface area contributed by atoms with Gasteiger partial charge in [-0.05, 0) is 29.7 Å². The van der Waals surface area contributed by atoms with E-state index in [2.05, 4.69) is 27.6 Å². The fourth-order valence-electron chi connectivity index (χ4n) is 3.08. The third-order valence-corrected chi connectivity index (χ3v) is 4.31. The highest BCUT2D eigenvalue weighted by atomic mass is 16.2. The first-order valence-corrected chi connectivity index (χ1v) is 7.96. The highest BCUT2D eigenvalue weighted by molar-refractivity contribution is 6.15. The number of amides is 2. The normalized spacial score (nSPS) is 16.7. The van der Waals surface area contributed by atoms with Gasteiger partial charge < -0.3 is 4.90 Å². The predicted molar refractivity (Wildman–Crippen MR) is 92.1 cm³/mol. The molecule has 4 rings (SSSR count). The van der Waals surface area contributed by atoms with E-state index in [4.69, 9.17) is 4.99 Å². The van der Waals surface area contributed by atoms with E-state index in [1.54, 1.807) is 23.2 Å². The van der Waals surface area contributed by atoms with Gasteiger partial charge in [-0.15, -0.1) is 5.10 Å². The molecular weight excluding hydrogens is 302 g/mol. The highest BCUT2D eigenvalue weighted by Crippen LogP contribution is 2.27. The van der Waals surface area contributed by atoms with Crippen molar-refractivity contribution in [1.29, 1.82) is 0 Å². The third-order valence-electron chi connectivity index (χ3n) is 4.31. The van der Waals surface area contributed by atoms with Crippen LogP contribution in [-0.2, 0) is 0 Å². The number of carbonyl (C=O) groups is 1. The van der Waals surface area contributed by atoms with Crippen LogP contribution in [0, 0.1) is 0 Å². The summed E-state index contributed by atoms with van der Waals surface area (Å²) >= 11 is 0. The van der Waals surface area contributed by atoms with Crippen molar-refractivity contribution in [3.8, 4) is 0 Å². The van der Waals surface area contributed by atoms with Gasteiger partial charge in [-0.1, -0.05) is 30.3 Å². The summed E-state index contributed by atoms with van der Waals surface area (Å²) in [7, 11) is 0. The lowest BCUT2D eigenvalue weighted by molar-refractivity contribution is 0.215. The molecule has 0 unspecified atom stereocenters. The van der Waals surface area contributed by atoms with E-state index >= 15 is 0 Å². The Morgan fingerprint density at radius 1 is 1.12 bits per heavy atom. The topological polar surface area (TPSA) is 70.5 Å². The molecule has 0 atom stereocenters. The zero-order chi connectivity index (χ0) is 16.4. The van der Waals surface area contributed by atoms with Crippen LogP contribution in [0.25, 0.3) is 0 Å². The molecule has 2 aliphatic heterocycles. The third kappa shape index (κ3) is 2.78. The molecule has 24 heavy (non-hydrogen) atoms. The molecule has 2 amide bonds. The summed E-state index contributed by atoms with van der Waals surface area (Å²) in [4.78, 5) is 19.0. The summed E-state index contributed by atoms with van der Waals surface area (Å²) < 4.78 is 0. The fraction of sp³-hybridized carbons (Fsp3) is 0.222. The minimum absolute atomic E-state index is 0.152. The lowest BCUT2D eigenvalue weighted by Crippen LogP contribution is -2.41. The van der Waals surface area contributed by atoms with Crippen molar-refractivity contribution in [2.24, 2.45) is 4.99 Å². The van der Waals surface area contributed by atoms with Crippen molar-refractivity contribution < 1.29 is 4.79 Å². The molecule has 0 aliphatic carbocycles. The molecule has 0 saturated carbocycles. The van der Waals surface area contributed by atoms with E-state index in [1.807, 2.05) is 18.2 Å². The molecule has 0 radical (unpaired) electrons. The largest absolute Gasteiger partial charge is 0.323 e. The van der Waals surface area contributed by atoms with Gasteiger partial charge >= 0.3 is 6.03 Å². The van der Waals surface area contributed by atoms with Gasteiger partial charge in [0.2, 0.25) is 0 Å². The maximum atomic E-state index is 12.5. The second-order valence-electron chi connectivity index (χ2n) is 5.82. The summed E-state index contributed by atoms with van der Waals surface area (Å²) in [5.74, 6) is 0.464. The van der Waals surface area contributed by atoms with Crippen molar-refractivity contribution in [2.75, 3.05) is 25.0 Å². The monoisotopic (exact) mass is 319 g/mol. The van der Waals surface area contributed by atoms with Gasteiger partial charge in [0.1, 0.15) is 0 Å². The number of hydrogen-bond acceptors (Lipinski definition) is 4. The van der Waals surface area contributed by atoms with Gasteiger partial charge in [-0.3, -0.25) is 10.3 Å². The summed E-state index contributed by atoms with van der Waals surface area (Å²) in [5.41, 5.74) is 4.65. The van der Waals surface area contributed by atoms with Gasteiger partial charge in [0.15, 0.2) is 5.82 Å². The molecule has 1 aromatic heterocycles. The molecule has 0 saturated heterocycles. The van der Waals surface area contributed by atoms with Gasteiger partial charge in [0, 0.05) is 24.8 Å². The molecular formula is C18H17N5O. The first kappa shape index (κ1) is 14.6. The van der Waals surface area contributed by atoms with Gasteiger partial charge in [-0.25, -0.2) is 4.79 Å². The van der Waals surface area contributed by atoms with Crippen LogP contribution in [0.4, 0.5) is 10.6 Å². The number of aromatic nitrogens is 2. The number of carbonyl (C=O) groups excluding carboxylic acids is 1. The molecule has 1 aromatic carbocycles. The Labute approximate surface area is 139 Å². The minimum Gasteiger partial charge on any atom is -0.320 e. The Morgan fingerprint density at radius 3 is 2.79 bits per heavy atom. The van der Waals surface area contributed by atoms with Crippen LogP contribution in [-0.4, -0.2) is 46.5 Å². The molecule has 120 valence electrons. The zero-order valence-corrected chi connectivity index (χ0v) is 13.1. The van der Waals surface area contributed by atoms with Gasteiger partial charge in [0.05, 0.1) is 12.3 Å². The molecule has 1 N–H and O–H groups in total. The second kappa shape index (κ2) is 6.23. The van der Waals surface area contributed by atoms with Crippen LogP contribution in [0.15, 0.2) is 64.8 Å². The van der Waals surface area contributed by atoms with Crippen LogP contribution < -0.4 is 5.32 Å². The number of nitrogens with zero attached hydrogens (tertiary/aromatic N) is 4. The van der Waals surface area contributed by atoms with Crippen molar-refractivity contribution in [1.82, 2.24) is 15.1 Å². The summed E-state index contributed by atoms with van der Waals surface area (Å²) in [6.07, 6.45) is 2.44. The van der Waals surface area contributed by atoms with E-state index in [0.717, 1.165) is 24.2 Å². The Morgan fingerprint density at radius 2 is 2.00 bits per heavy atom. The minimum atomic E-state index is -0.152. The number of benzene rings is 1. The lowest BCUT2D eigenvalue weighted by Gasteiger charge is -2.28. The van der Waals surface area contributed by atoms with Crippen molar-refractivity contribution in [2.45, 2.75) is 6.42 Å². The zero-order valence-electron chi connectivity index (χ0n) is 13.1. The predicted octanol–water partition coefficient (Wildman–Crippen LogP) is 2.51. The molecule has 0 bridgehead atoms. The summed E-state index contributed by atoms with van der Waals surface area (Å²) in [5, 5.41) is 10.5. The quantitative estimate of drug-likeness (QED) is 0.924. The molecule has 0 spiro atoms. The Balaban J connectivity index is 1.50. The van der Waals surface area contributed by atoms with Crippen molar-refractivity contribution >= 4 is 17.6 Å². The van der Waals surface area contributed by atoms with Crippen LogP contribution in [0.5, 0.6) is 0 Å². The maximum absolute atomic E-state index is 12.5. The average molecular weight is 319 g/mol. The van der Waals surface area contributed by atoms with Gasteiger partial charge in [-0.2, -0.15) is 5.10 Å². The van der Waals surface area contributed by atoms with Crippen LogP contribution in [0.2, 0.25) is 0 Å². The molecule has 0 fully saturated rings. The Bertz CT molecular complexity index is 814. The molecule has 2 aliphatic rings. The first-order valence-electron chi connectivity index (χ1n) is 7.96. The number of rotatable bonds is 2. The average Bonchev–Trinajstić information content (AvgIpc) is 3.06. The number of aliphatic imine (C=N–C) groups is 1. The van der Waals surface area contributed by atoms with E-state index in [0.29, 0.717) is 18.9 Å². The lowest BCUT2D eigenvalue weighted by atomic mass is 9.95. The van der Waals surface area contributed by atoms with E-state index in [1.165, 1.54) is 11.1 Å². The smallest absolute Gasteiger partial charge is 0.320 e. The number of hydrogen-bond donors (Lipinski definition) is 1. The van der Waals surface area contributed by atoms with Gasteiger partial charge in [0.25, 0.3) is 0 Å². The molecule has 6 nitrogen and oxygen atoms in total. The van der Waals surface area contributed by atoms with E-state index in [9.17, 15) is 4.79 Å². The number of anilines is 1.